The van der Waals surface area contributed by atoms with E-state index in [1.54, 1.807) is 18.3 Å². The zero-order chi connectivity index (χ0) is 21.8. The van der Waals surface area contributed by atoms with Crippen molar-refractivity contribution in [2.24, 2.45) is 5.10 Å². The van der Waals surface area contributed by atoms with Gasteiger partial charge in [0.2, 0.25) is 0 Å². The minimum Gasteiger partial charge on any atom is -0.481 e. The minimum absolute atomic E-state index is 0.182. The fourth-order valence-corrected chi connectivity index (χ4v) is 3.84. The number of H-pyrrole nitrogens is 1. The summed E-state index contributed by atoms with van der Waals surface area (Å²) in [4.78, 5) is 24.1. The summed E-state index contributed by atoms with van der Waals surface area (Å²) in [5, 5.41) is 6.26. The molecule has 0 bridgehead atoms. The summed E-state index contributed by atoms with van der Waals surface area (Å²) >= 11 is 1.37. The number of pyridine rings is 1. The van der Waals surface area contributed by atoms with Crippen LogP contribution in [-0.2, 0) is 4.79 Å². The normalized spacial score (nSPS) is 11.4. The fraction of sp³-hybridized carbons (Fsp3) is 0.0435. The van der Waals surface area contributed by atoms with Gasteiger partial charge in [-0.05, 0) is 48.2 Å². The van der Waals surface area contributed by atoms with Gasteiger partial charge in [0.1, 0.15) is 17.0 Å². The number of nitrogens with one attached hydrogen (secondary N) is 2. The zero-order valence-electron chi connectivity index (χ0n) is 16.7. The molecule has 0 unspecified atom stereocenters. The number of carbonyl (C=O) groups is 1. The standard InChI is InChI=1S/C23H17N5O3S/c29-20(14-30-19-9-3-5-15-6-4-12-24-22(15)19)28-25-13-16-10-11-21(31-16)32-23-26-17-7-1-2-8-18(17)27-23/h1-13H,14H2,(H,26,27)(H,28,29)/b25-13-. The third-order valence-electron chi connectivity index (χ3n) is 4.50. The first kappa shape index (κ1) is 19.8. The van der Waals surface area contributed by atoms with Gasteiger partial charge in [-0.1, -0.05) is 30.3 Å². The van der Waals surface area contributed by atoms with Crippen molar-refractivity contribution in [3.05, 3.63) is 78.7 Å². The molecule has 0 saturated carbocycles. The lowest BCUT2D eigenvalue weighted by Gasteiger charge is -2.07. The summed E-state index contributed by atoms with van der Waals surface area (Å²) in [6.07, 6.45) is 3.11. The summed E-state index contributed by atoms with van der Waals surface area (Å²) in [6.45, 7) is -0.182. The summed E-state index contributed by atoms with van der Waals surface area (Å²) in [7, 11) is 0. The molecule has 0 spiro atoms. The molecule has 0 aliphatic carbocycles. The Morgan fingerprint density at radius 2 is 2.03 bits per heavy atom. The second-order valence-electron chi connectivity index (χ2n) is 6.73. The van der Waals surface area contributed by atoms with Crippen LogP contribution in [0.1, 0.15) is 5.76 Å². The maximum Gasteiger partial charge on any atom is 0.277 e. The number of furan rings is 1. The van der Waals surface area contributed by atoms with Gasteiger partial charge in [0, 0.05) is 11.6 Å². The van der Waals surface area contributed by atoms with Crippen molar-refractivity contribution in [1.82, 2.24) is 20.4 Å². The monoisotopic (exact) mass is 443 g/mol. The first-order chi connectivity index (χ1) is 15.7. The van der Waals surface area contributed by atoms with E-state index in [9.17, 15) is 4.79 Å². The highest BCUT2D eigenvalue weighted by molar-refractivity contribution is 7.99. The highest BCUT2D eigenvalue weighted by Gasteiger charge is 2.08. The van der Waals surface area contributed by atoms with Crippen LogP contribution >= 0.6 is 11.8 Å². The molecule has 0 saturated heterocycles. The van der Waals surface area contributed by atoms with Crippen LogP contribution in [-0.4, -0.2) is 33.7 Å². The average Bonchev–Trinajstić information content (AvgIpc) is 3.44. The number of aromatic nitrogens is 3. The van der Waals surface area contributed by atoms with E-state index in [0.717, 1.165) is 21.6 Å². The van der Waals surface area contributed by atoms with E-state index in [4.69, 9.17) is 9.15 Å². The van der Waals surface area contributed by atoms with Crippen LogP contribution in [0.4, 0.5) is 0 Å². The molecule has 0 fully saturated rings. The SMILES string of the molecule is O=C(COc1cccc2cccnc12)N/N=C\c1ccc(Sc2nc3ccccc3[nH]2)o1. The number of hydrogen-bond donors (Lipinski definition) is 2. The Balaban J connectivity index is 1.15. The Morgan fingerprint density at radius 1 is 1.12 bits per heavy atom. The first-order valence-corrected chi connectivity index (χ1v) is 10.6. The lowest BCUT2D eigenvalue weighted by Crippen LogP contribution is -2.24. The van der Waals surface area contributed by atoms with Gasteiger partial charge in [-0.15, -0.1) is 0 Å². The van der Waals surface area contributed by atoms with Crippen molar-refractivity contribution in [3.8, 4) is 5.75 Å². The molecule has 0 aliphatic rings. The van der Waals surface area contributed by atoms with E-state index >= 15 is 0 Å². The van der Waals surface area contributed by atoms with E-state index in [1.807, 2.05) is 54.6 Å². The maximum absolute atomic E-state index is 12.1. The number of benzene rings is 2. The molecule has 9 heteroatoms. The van der Waals surface area contributed by atoms with Gasteiger partial charge in [0.15, 0.2) is 16.9 Å². The van der Waals surface area contributed by atoms with E-state index in [1.165, 1.54) is 18.0 Å². The Kier molecular flexibility index (Phi) is 5.54. The Labute approximate surface area is 186 Å². The van der Waals surface area contributed by atoms with Crippen LogP contribution < -0.4 is 10.2 Å². The second-order valence-corrected chi connectivity index (χ2v) is 7.72. The van der Waals surface area contributed by atoms with Crippen molar-refractivity contribution < 1.29 is 13.9 Å². The number of hydrogen-bond acceptors (Lipinski definition) is 7. The third-order valence-corrected chi connectivity index (χ3v) is 5.31. The van der Waals surface area contributed by atoms with Crippen molar-refractivity contribution >= 4 is 45.8 Å². The topological polar surface area (TPSA) is 105 Å². The molecular weight excluding hydrogens is 426 g/mol. The molecule has 0 atom stereocenters. The second kappa shape index (κ2) is 8.94. The fourth-order valence-electron chi connectivity index (χ4n) is 3.07. The van der Waals surface area contributed by atoms with E-state index in [0.29, 0.717) is 22.1 Å². The molecule has 8 nitrogen and oxygen atoms in total. The lowest BCUT2D eigenvalue weighted by molar-refractivity contribution is -0.123. The van der Waals surface area contributed by atoms with E-state index < -0.39 is 5.91 Å². The average molecular weight is 443 g/mol. The largest absolute Gasteiger partial charge is 0.481 e. The Morgan fingerprint density at radius 3 is 2.97 bits per heavy atom. The summed E-state index contributed by atoms with van der Waals surface area (Å²) in [6, 6.07) is 20.7. The van der Waals surface area contributed by atoms with Gasteiger partial charge < -0.3 is 14.1 Å². The molecule has 5 aromatic rings. The van der Waals surface area contributed by atoms with E-state index in [2.05, 4.69) is 25.5 Å². The highest BCUT2D eigenvalue weighted by Crippen LogP contribution is 2.28. The van der Waals surface area contributed by atoms with Crippen LogP contribution in [0, 0.1) is 0 Å². The van der Waals surface area contributed by atoms with Gasteiger partial charge in [-0.2, -0.15) is 5.10 Å². The Hall–Kier alpha value is -4.11. The third kappa shape index (κ3) is 4.47. The number of hydrazone groups is 1. The molecule has 0 radical (unpaired) electrons. The number of nitrogens with zero attached hydrogens (tertiary/aromatic N) is 3. The predicted octanol–water partition coefficient (Wildman–Crippen LogP) is 4.38. The smallest absolute Gasteiger partial charge is 0.277 e. The molecule has 5 rings (SSSR count). The first-order valence-electron chi connectivity index (χ1n) is 9.75. The Bertz CT molecular complexity index is 1390. The molecule has 3 heterocycles. The summed E-state index contributed by atoms with van der Waals surface area (Å²) in [5.74, 6) is 0.654. The number of rotatable bonds is 7. The molecule has 1 amide bonds. The quantitative estimate of drug-likeness (QED) is 0.286. The van der Waals surface area contributed by atoms with Crippen LogP contribution in [0.15, 0.2) is 92.7 Å². The van der Waals surface area contributed by atoms with Gasteiger partial charge >= 0.3 is 0 Å². The van der Waals surface area contributed by atoms with Gasteiger partial charge in [0.05, 0.1) is 17.2 Å². The zero-order valence-corrected chi connectivity index (χ0v) is 17.5. The molecule has 0 aliphatic heterocycles. The molecule has 32 heavy (non-hydrogen) atoms. The summed E-state index contributed by atoms with van der Waals surface area (Å²) < 4.78 is 11.3. The number of imidazole rings is 1. The van der Waals surface area contributed by atoms with E-state index in [-0.39, 0.29) is 6.61 Å². The van der Waals surface area contributed by atoms with Crippen molar-refractivity contribution in [2.45, 2.75) is 10.2 Å². The maximum atomic E-state index is 12.1. The molecule has 3 aromatic heterocycles. The number of aromatic amines is 1. The van der Waals surface area contributed by atoms with Crippen LogP contribution in [0.5, 0.6) is 5.75 Å². The molecule has 2 N–H and O–H groups in total. The van der Waals surface area contributed by atoms with Gasteiger partial charge in [-0.3, -0.25) is 9.78 Å². The summed E-state index contributed by atoms with van der Waals surface area (Å²) in [5.41, 5.74) is 4.99. The number of carbonyl (C=O) groups excluding carboxylic acids is 1. The highest BCUT2D eigenvalue weighted by atomic mass is 32.2. The number of amides is 1. The number of para-hydroxylation sites is 3. The predicted molar refractivity (Wildman–Crippen MR) is 122 cm³/mol. The van der Waals surface area contributed by atoms with Gasteiger partial charge in [-0.25, -0.2) is 10.4 Å². The minimum atomic E-state index is -0.391. The molecule has 2 aromatic carbocycles. The molecular formula is C23H17N5O3S. The van der Waals surface area contributed by atoms with Crippen LogP contribution in [0.25, 0.3) is 21.9 Å². The van der Waals surface area contributed by atoms with Crippen molar-refractivity contribution in [1.29, 1.82) is 0 Å². The van der Waals surface area contributed by atoms with Crippen LogP contribution in [0.2, 0.25) is 0 Å². The van der Waals surface area contributed by atoms with Gasteiger partial charge in [0.25, 0.3) is 5.91 Å². The molecule has 158 valence electrons. The van der Waals surface area contributed by atoms with Crippen molar-refractivity contribution in [3.63, 3.8) is 0 Å². The number of ether oxygens (including phenoxy) is 1. The van der Waals surface area contributed by atoms with Crippen molar-refractivity contribution in [2.75, 3.05) is 6.61 Å². The van der Waals surface area contributed by atoms with Crippen LogP contribution in [0.3, 0.4) is 0 Å². The lowest BCUT2D eigenvalue weighted by atomic mass is 10.2. The number of fused-ring (bicyclic) bond motifs is 2.